The largest absolute Gasteiger partial charge is 0.461 e. The molecular formula is C26H38N2O6. The van der Waals surface area contributed by atoms with E-state index < -0.39 is 35.0 Å². The van der Waals surface area contributed by atoms with Crippen LogP contribution in [0.15, 0.2) is 24.3 Å². The van der Waals surface area contributed by atoms with Crippen molar-refractivity contribution in [3.8, 4) is 0 Å². The third-order valence-corrected chi connectivity index (χ3v) is 7.87. The van der Waals surface area contributed by atoms with Crippen molar-refractivity contribution in [1.82, 2.24) is 9.80 Å². The number of hydrogen-bond donors (Lipinski definition) is 1. The van der Waals surface area contributed by atoms with Gasteiger partial charge in [-0.1, -0.05) is 44.9 Å². The summed E-state index contributed by atoms with van der Waals surface area (Å²) in [7, 11) is 0. The number of fused-ring (bicyclic) bond motifs is 2. The van der Waals surface area contributed by atoms with Gasteiger partial charge in [0, 0.05) is 26.2 Å². The van der Waals surface area contributed by atoms with E-state index in [9.17, 15) is 14.4 Å². The second-order valence-electron chi connectivity index (χ2n) is 9.86. The Hall–Kier alpha value is -2.19. The van der Waals surface area contributed by atoms with Crippen LogP contribution in [0.25, 0.3) is 0 Å². The molecule has 0 aliphatic carbocycles. The molecule has 8 heteroatoms. The monoisotopic (exact) mass is 474 g/mol. The lowest BCUT2D eigenvalue weighted by Crippen LogP contribution is -2.56. The maximum atomic E-state index is 14.0. The van der Waals surface area contributed by atoms with Crippen LogP contribution in [-0.2, 0) is 23.9 Å². The first kappa shape index (κ1) is 24.9. The second kappa shape index (κ2) is 10.2. The number of cyclic esters (lactones) is 1. The second-order valence-corrected chi connectivity index (χ2v) is 9.86. The van der Waals surface area contributed by atoms with Crippen LogP contribution in [0.2, 0.25) is 0 Å². The van der Waals surface area contributed by atoms with E-state index in [0.29, 0.717) is 38.9 Å². The summed E-state index contributed by atoms with van der Waals surface area (Å²) in [6, 6.07) is -0.809. The molecule has 1 spiro atoms. The molecule has 188 valence electrons. The van der Waals surface area contributed by atoms with Crippen LogP contribution >= 0.6 is 0 Å². The van der Waals surface area contributed by atoms with Crippen LogP contribution in [0.3, 0.4) is 0 Å². The van der Waals surface area contributed by atoms with Gasteiger partial charge in [0.2, 0.25) is 11.8 Å². The van der Waals surface area contributed by atoms with E-state index in [4.69, 9.17) is 14.6 Å². The summed E-state index contributed by atoms with van der Waals surface area (Å²) < 4.78 is 12.2. The molecule has 0 aromatic rings. The van der Waals surface area contributed by atoms with Crippen molar-refractivity contribution in [3.05, 3.63) is 24.3 Å². The molecular weight excluding hydrogens is 436 g/mol. The number of amides is 2. The van der Waals surface area contributed by atoms with Crippen LogP contribution in [0.5, 0.6) is 0 Å². The van der Waals surface area contributed by atoms with Gasteiger partial charge in [-0.05, 0) is 38.2 Å². The molecule has 0 radical (unpaired) electrons. The Morgan fingerprint density at radius 2 is 1.76 bits per heavy atom. The first-order valence-corrected chi connectivity index (χ1v) is 12.9. The third-order valence-electron chi connectivity index (χ3n) is 7.87. The first-order chi connectivity index (χ1) is 16.5. The van der Waals surface area contributed by atoms with Crippen LogP contribution in [0.4, 0.5) is 0 Å². The topological polar surface area (TPSA) is 96.4 Å². The molecule has 4 aliphatic heterocycles. The zero-order valence-corrected chi connectivity index (χ0v) is 20.4. The van der Waals surface area contributed by atoms with Gasteiger partial charge in [-0.3, -0.25) is 14.4 Å². The van der Waals surface area contributed by atoms with E-state index in [1.165, 1.54) is 0 Å². The van der Waals surface area contributed by atoms with E-state index in [1.54, 1.807) is 11.0 Å². The summed E-state index contributed by atoms with van der Waals surface area (Å²) in [5, 5.41) is 9.16. The molecule has 0 aromatic heterocycles. The Balaban J connectivity index is 1.74. The molecule has 0 aromatic carbocycles. The van der Waals surface area contributed by atoms with Gasteiger partial charge in [-0.2, -0.15) is 0 Å². The molecule has 4 aliphatic rings. The van der Waals surface area contributed by atoms with Crippen molar-refractivity contribution in [2.45, 2.75) is 76.0 Å². The quantitative estimate of drug-likeness (QED) is 0.296. The van der Waals surface area contributed by atoms with Crippen molar-refractivity contribution < 1.29 is 29.0 Å². The fourth-order valence-electron chi connectivity index (χ4n) is 6.21. The Labute approximate surface area is 201 Å². The summed E-state index contributed by atoms with van der Waals surface area (Å²) in [6.07, 6.45) is 13.0. The number of aliphatic hydroxyl groups excluding tert-OH is 1. The highest BCUT2D eigenvalue weighted by molar-refractivity contribution is 5.99. The van der Waals surface area contributed by atoms with Gasteiger partial charge < -0.3 is 24.4 Å². The molecule has 0 bridgehead atoms. The van der Waals surface area contributed by atoms with Crippen LogP contribution in [0.1, 0.15) is 58.8 Å². The molecule has 2 fully saturated rings. The van der Waals surface area contributed by atoms with Crippen molar-refractivity contribution in [2.75, 3.05) is 32.8 Å². The Bertz CT molecular complexity index is 856. The molecule has 0 saturated carbocycles. The number of likely N-dealkylation sites (tertiary alicyclic amines) is 1. The fourth-order valence-corrected chi connectivity index (χ4v) is 6.21. The van der Waals surface area contributed by atoms with E-state index in [2.05, 4.69) is 6.92 Å². The molecule has 1 unspecified atom stereocenters. The number of unbranched alkanes of at least 4 members (excludes halogenated alkanes) is 4. The number of rotatable bonds is 10. The van der Waals surface area contributed by atoms with E-state index in [1.807, 2.05) is 30.1 Å². The van der Waals surface area contributed by atoms with Gasteiger partial charge in [-0.25, -0.2) is 0 Å². The van der Waals surface area contributed by atoms with E-state index in [0.717, 1.165) is 25.7 Å². The van der Waals surface area contributed by atoms with Crippen molar-refractivity contribution in [3.63, 3.8) is 0 Å². The molecule has 4 rings (SSSR count). The molecule has 5 atom stereocenters. The van der Waals surface area contributed by atoms with Crippen LogP contribution in [-0.4, -0.2) is 82.8 Å². The molecule has 34 heavy (non-hydrogen) atoms. The van der Waals surface area contributed by atoms with Gasteiger partial charge in [0.05, 0.1) is 5.92 Å². The zero-order valence-electron chi connectivity index (χ0n) is 20.4. The normalized spacial score (nSPS) is 34.6. The third kappa shape index (κ3) is 3.98. The van der Waals surface area contributed by atoms with Crippen LogP contribution in [0, 0.1) is 11.8 Å². The van der Waals surface area contributed by atoms with E-state index >= 15 is 0 Å². The van der Waals surface area contributed by atoms with E-state index in [-0.39, 0.29) is 25.0 Å². The molecule has 2 amide bonds. The Morgan fingerprint density at radius 3 is 2.50 bits per heavy atom. The molecule has 4 heterocycles. The smallest absolute Gasteiger partial charge is 0.313 e. The SMILES string of the molecule is CCCCCN1CC=C[C@]23O[C@@]4(CC)C=CCOC(=O)[C@H]4[C@H]2C(=O)N(CCCCCO)C3C1=O. The number of carbonyl (C=O) groups is 3. The average Bonchev–Trinajstić information content (AvgIpc) is 3.10. The number of nitrogens with zero attached hydrogens (tertiary/aromatic N) is 2. The van der Waals surface area contributed by atoms with Gasteiger partial charge in [0.25, 0.3) is 0 Å². The zero-order chi connectivity index (χ0) is 24.3. The Kier molecular flexibility index (Phi) is 7.48. The highest BCUT2D eigenvalue weighted by atomic mass is 16.6. The minimum absolute atomic E-state index is 0.0964. The number of aliphatic hydroxyl groups is 1. The number of ether oxygens (including phenoxy) is 2. The number of carbonyl (C=O) groups excluding carboxylic acids is 3. The molecule has 2 saturated heterocycles. The van der Waals surface area contributed by atoms with Crippen LogP contribution < -0.4 is 0 Å². The fraction of sp³-hybridized carbons (Fsp3) is 0.731. The lowest BCUT2D eigenvalue weighted by molar-refractivity contribution is -0.159. The molecule has 8 nitrogen and oxygen atoms in total. The summed E-state index contributed by atoms with van der Waals surface area (Å²) in [4.78, 5) is 44.6. The van der Waals surface area contributed by atoms with Crippen molar-refractivity contribution in [1.29, 1.82) is 0 Å². The minimum Gasteiger partial charge on any atom is -0.461 e. The lowest BCUT2D eigenvalue weighted by Gasteiger charge is -2.38. The summed E-state index contributed by atoms with van der Waals surface area (Å²) in [6.45, 7) is 5.81. The lowest BCUT2D eigenvalue weighted by atomic mass is 9.73. The summed E-state index contributed by atoms with van der Waals surface area (Å²) in [5.41, 5.74) is -2.18. The predicted molar refractivity (Wildman–Crippen MR) is 126 cm³/mol. The standard InChI is InChI=1S/C26H38N2O6/c1-3-5-7-14-27-15-10-13-26-19(20-24(32)33-18-11-12-25(20,4-2)34-26)22(30)28(21(26)23(27)31)16-8-6-9-17-29/h10-13,19-21,29H,3-9,14-18H2,1-2H3/t19-,20+,21?,25-,26-/m0/s1. The summed E-state index contributed by atoms with van der Waals surface area (Å²) in [5.74, 6) is -2.36. The highest BCUT2D eigenvalue weighted by Gasteiger charge is 2.75. The van der Waals surface area contributed by atoms with Gasteiger partial charge in [-0.15, -0.1) is 0 Å². The number of esters is 1. The number of hydrogen-bond acceptors (Lipinski definition) is 6. The van der Waals surface area contributed by atoms with Crippen molar-refractivity contribution >= 4 is 17.8 Å². The maximum absolute atomic E-state index is 14.0. The highest BCUT2D eigenvalue weighted by Crippen LogP contribution is 2.58. The average molecular weight is 475 g/mol. The van der Waals surface area contributed by atoms with Crippen molar-refractivity contribution in [2.24, 2.45) is 11.8 Å². The maximum Gasteiger partial charge on any atom is 0.313 e. The Morgan fingerprint density at radius 1 is 0.971 bits per heavy atom. The predicted octanol–water partition coefficient (Wildman–Crippen LogP) is 2.21. The molecule has 1 N–H and O–H groups in total. The van der Waals surface area contributed by atoms with Gasteiger partial charge >= 0.3 is 5.97 Å². The first-order valence-electron chi connectivity index (χ1n) is 12.9. The van der Waals surface area contributed by atoms with Gasteiger partial charge in [0.15, 0.2) is 0 Å². The minimum atomic E-state index is -1.20. The van der Waals surface area contributed by atoms with Gasteiger partial charge in [0.1, 0.15) is 29.8 Å². The summed E-state index contributed by atoms with van der Waals surface area (Å²) >= 11 is 0.